The van der Waals surface area contributed by atoms with Crippen LogP contribution in [0.1, 0.15) is 24.1 Å². The van der Waals surface area contributed by atoms with Crippen molar-refractivity contribution in [2.24, 2.45) is 0 Å². The van der Waals surface area contributed by atoms with E-state index in [4.69, 9.17) is 0 Å². The number of hydrogen-bond acceptors (Lipinski definition) is 3. The molecule has 0 saturated carbocycles. The summed E-state index contributed by atoms with van der Waals surface area (Å²) in [7, 11) is 0. The average molecular weight is 219 g/mol. The van der Waals surface area contributed by atoms with Crippen molar-refractivity contribution in [2.75, 3.05) is 5.43 Å². The molecule has 1 N–H and O–H groups in total. The van der Waals surface area contributed by atoms with E-state index in [0.717, 1.165) is 12.4 Å². The van der Waals surface area contributed by atoms with Crippen molar-refractivity contribution < 1.29 is 0 Å². The molecule has 0 unspecified atom stereocenters. The fraction of sp³-hybridized carbons (Fsp3) is 0.455. The molecule has 0 aliphatic carbocycles. The highest BCUT2D eigenvalue weighted by atomic mass is 15.4. The zero-order valence-corrected chi connectivity index (χ0v) is 9.94. The van der Waals surface area contributed by atoms with Crippen molar-refractivity contribution in [3.8, 4) is 0 Å². The summed E-state index contributed by atoms with van der Waals surface area (Å²) in [4.78, 5) is 4.22. The van der Waals surface area contributed by atoms with E-state index in [2.05, 4.69) is 53.1 Å². The third kappa shape index (κ3) is 1.93. The topological polar surface area (TPSA) is 47.7 Å². The first-order chi connectivity index (χ1) is 7.72. The van der Waals surface area contributed by atoms with Gasteiger partial charge in [0.05, 0.1) is 6.54 Å². The minimum absolute atomic E-state index is 0.685. The van der Waals surface area contributed by atoms with Crippen molar-refractivity contribution in [3.63, 3.8) is 0 Å². The van der Waals surface area contributed by atoms with Gasteiger partial charge in [-0.3, -0.25) is 4.68 Å². The predicted molar refractivity (Wildman–Crippen MR) is 62.7 cm³/mol. The Morgan fingerprint density at radius 1 is 1.25 bits per heavy atom. The van der Waals surface area contributed by atoms with E-state index >= 15 is 0 Å². The van der Waals surface area contributed by atoms with E-state index < -0.39 is 0 Å². The molecule has 0 amide bonds. The molecule has 86 valence electrons. The molecule has 2 aromatic rings. The van der Waals surface area contributed by atoms with Gasteiger partial charge in [0, 0.05) is 17.9 Å². The molecule has 2 heterocycles. The number of aromatic nitrogens is 4. The molecular formula is C11H17N5. The van der Waals surface area contributed by atoms with Crippen molar-refractivity contribution >= 4 is 0 Å². The van der Waals surface area contributed by atoms with Crippen molar-refractivity contribution in [3.05, 3.63) is 35.7 Å². The summed E-state index contributed by atoms with van der Waals surface area (Å²) in [6, 6.07) is 4.18. The summed E-state index contributed by atoms with van der Waals surface area (Å²) in [5.41, 5.74) is 5.72. The Labute approximate surface area is 95.1 Å². The summed E-state index contributed by atoms with van der Waals surface area (Å²) in [5, 5.41) is 4.14. The summed E-state index contributed by atoms with van der Waals surface area (Å²) in [6.45, 7) is 7.74. The molecule has 2 rings (SSSR count). The van der Waals surface area contributed by atoms with Gasteiger partial charge in [-0.05, 0) is 32.9 Å². The largest absolute Gasteiger partial charge is 0.318 e. The van der Waals surface area contributed by atoms with Crippen LogP contribution in [0.5, 0.6) is 0 Å². The Morgan fingerprint density at radius 2 is 1.94 bits per heavy atom. The predicted octanol–water partition coefficient (Wildman–Crippen LogP) is 1.46. The van der Waals surface area contributed by atoms with Gasteiger partial charge in [0.25, 0.3) is 0 Å². The van der Waals surface area contributed by atoms with Crippen molar-refractivity contribution in [1.29, 1.82) is 0 Å². The Kier molecular flexibility index (Phi) is 2.94. The Bertz CT molecular complexity index is 449. The van der Waals surface area contributed by atoms with Crippen LogP contribution in [0, 0.1) is 13.8 Å². The molecule has 0 saturated heterocycles. The van der Waals surface area contributed by atoms with Gasteiger partial charge in [-0.15, -0.1) is 0 Å². The van der Waals surface area contributed by atoms with E-state index in [-0.39, 0.29) is 0 Å². The lowest BCUT2D eigenvalue weighted by Crippen LogP contribution is -2.19. The lowest BCUT2D eigenvalue weighted by atomic mass is 10.5. The number of nitrogens with zero attached hydrogens (tertiary/aromatic N) is 4. The monoisotopic (exact) mass is 219 g/mol. The van der Waals surface area contributed by atoms with E-state index in [9.17, 15) is 0 Å². The third-order valence-electron chi connectivity index (χ3n) is 2.66. The normalized spacial score (nSPS) is 10.7. The molecule has 5 nitrogen and oxygen atoms in total. The second-order valence-corrected chi connectivity index (χ2v) is 3.78. The van der Waals surface area contributed by atoms with Crippen molar-refractivity contribution in [2.45, 2.75) is 33.9 Å². The van der Waals surface area contributed by atoms with Gasteiger partial charge in [0.15, 0.2) is 0 Å². The van der Waals surface area contributed by atoms with Crippen LogP contribution in [-0.4, -0.2) is 19.4 Å². The van der Waals surface area contributed by atoms with Gasteiger partial charge in [-0.1, -0.05) is 0 Å². The first-order valence-electron chi connectivity index (χ1n) is 5.48. The highest BCUT2D eigenvalue weighted by molar-refractivity contribution is 5.15. The summed E-state index contributed by atoms with van der Waals surface area (Å²) < 4.78 is 3.95. The zero-order chi connectivity index (χ0) is 11.5. The molecule has 0 aliphatic rings. The van der Waals surface area contributed by atoms with Crippen LogP contribution in [0.15, 0.2) is 18.5 Å². The van der Waals surface area contributed by atoms with Gasteiger partial charge in [-0.2, -0.15) is 5.10 Å². The van der Waals surface area contributed by atoms with E-state index in [1.165, 1.54) is 11.4 Å². The maximum Gasteiger partial charge on any atom is 0.147 e. The van der Waals surface area contributed by atoms with Crippen LogP contribution >= 0.6 is 0 Å². The van der Waals surface area contributed by atoms with Crippen LogP contribution in [0.25, 0.3) is 0 Å². The second-order valence-electron chi connectivity index (χ2n) is 3.78. The van der Waals surface area contributed by atoms with Gasteiger partial charge in [-0.25, -0.2) is 9.67 Å². The molecule has 0 aliphatic heterocycles. The van der Waals surface area contributed by atoms with Gasteiger partial charge >= 0.3 is 0 Å². The number of nitrogens with one attached hydrogen (secondary N) is 1. The maximum absolute atomic E-state index is 4.22. The number of rotatable bonds is 4. The Hall–Kier alpha value is -1.78. The van der Waals surface area contributed by atoms with Crippen LogP contribution < -0.4 is 5.43 Å². The summed E-state index contributed by atoms with van der Waals surface area (Å²) in [5.74, 6) is 0.954. The van der Waals surface area contributed by atoms with Gasteiger partial charge in [0.1, 0.15) is 12.2 Å². The van der Waals surface area contributed by atoms with Crippen LogP contribution in [0.4, 0.5) is 0 Å². The lowest BCUT2D eigenvalue weighted by Gasteiger charge is -2.12. The highest BCUT2D eigenvalue weighted by Crippen LogP contribution is 2.05. The minimum atomic E-state index is 0.685. The molecule has 0 radical (unpaired) electrons. The summed E-state index contributed by atoms with van der Waals surface area (Å²) in [6.07, 6.45) is 1.59. The summed E-state index contributed by atoms with van der Waals surface area (Å²) >= 11 is 0. The fourth-order valence-electron chi connectivity index (χ4n) is 1.76. The maximum atomic E-state index is 4.22. The standard InChI is InChI=1S/C11H17N5/c1-4-15-11(12-8-14-15)7-13-16-9(2)5-6-10(16)3/h5-6,8,13H,4,7H2,1-3H3. The van der Waals surface area contributed by atoms with Crippen LogP contribution in [0.2, 0.25) is 0 Å². The first kappa shape index (κ1) is 10.7. The average Bonchev–Trinajstić information content (AvgIpc) is 2.84. The highest BCUT2D eigenvalue weighted by Gasteiger charge is 2.04. The number of aryl methyl sites for hydroxylation is 3. The second kappa shape index (κ2) is 4.38. The molecule has 0 aromatic carbocycles. The molecule has 0 bridgehead atoms. The molecular weight excluding hydrogens is 202 g/mol. The van der Waals surface area contributed by atoms with E-state index in [1.807, 2.05) is 4.68 Å². The smallest absolute Gasteiger partial charge is 0.147 e. The van der Waals surface area contributed by atoms with Crippen molar-refractivity contribution in [1.82, 2.24) is 19.4 Å². The molecule has 0 spiro atoms. The molecule has 16 heavy (non-hydrogen) atoms. The Balaban J connectivity index is 2.08. The molecule has 0 fully saturated rings. The van der Waals surface area contributed by atoms with E-state index in [1.54, 1.807) is 6.33 Å². The van der Waals surface area contributed by atoms with Gasteiger partial charge < -0.3 is 5.43 Å². The first-order valence-corrected chi connectivity index (χ1v) is 5.48. The molecule has 2 aromatic heterocycles. The minimum Gasteiger partial charge on any atom is -0.318 e. The van der Waals surface area contributed by atoms with Gasteiger partial charge in [0.2, 0.25) is 0 Å². The molecule has 0 atom stereocenters. The molecule has 5 heteroatoms. The quantitative estimate of drug-likeness (QED) is 0.847. The SMILES string of the molecule is CCn1ncnc1CNn1c(C)ccc1C. The Morgan fingerprint density at radius 3 is 2.56 bits per heavy atom. The zero-order valence-electron chi connectivity index (χ0n) is 9.94. The fourth-order valence-corrected chi connectivity index (χ4v) is 1.76. The third-order valence-corrected chi connectivity index (χ3v) is 2.66. The van der Waals surface area contributed by atoms with Crippen LogP contribution in [-0.2, 0) is 13.1 Å². The van der Waals surface area contributed by atoms with E-state index in [0.29, 0.717) is 6.54 Å². The van der Waals surface area contributed by atoms with Crippen LogP contribution in [0.3, 0.4) is 0 Å². The number of hydrogen-bond donors (Lipinski definition) is 1. The lowest BCUT2D eigenvalue weighted by molar-refractivity contribution is 0.609.